The van der Waals surface area contributed by atoms with Crippen LogP contribution in [0.3, 0.4) is 0 Å². The third-order valence-electron chi connectivity index (χ3n) is 13.9. The minimum atomic E-state index is -2.81. The summed E-state index contributed by atoms with van der Waals surface area (Å²) in [6.07, 6.45) is -0.452. The summed E-state index contributed by atoms with van der Waals surface area (Å²) in [7, 11) is -3.41. The minimum Gasteiger partial charge on any atom is -0.497 e. The molecule has 10 heteroatoms. The number of rotatable bonds is 20. The number of fused-ring (bicyclic) bond motifs is 1. The van der Waals surface area contributed by atoms with E-state index in [-0.39, 0.29) is 34.5 Å². The quantitative estimate of drug-likeness (QED) is 0.0565. The SMILES string of the molecule is COc1ccc(COCC[C@@H]2O[C@@H]3C[C@H](O[Si](C)(C)C(C)(C)C)[C@@H](CCO[Si](c4ccccc4)(c4ccccc4)C(C)(C)C)O[C@H]3[C@H](OCc3ccccc3)[C@H]2OCc2ccccc2)cc1. The van der Waals surface area contributed by atoms with Gasteiger partial charge in [-0.25, -0.2) is 0 Å². The number of methoxy groups -OCH3 is 1. The first-order chi connectivity index (χ1) is 31.7. The van der Waals surface area contributed by atoms with Crippen LogP contribution in [0.4, 0.5) is 0 Å². The van der Waals surface area contributed by atoms with Crippen molar-refractivity contribution < 1.29 is 37.3 Å². The second-order valence-corrected chi connectivity index (χ2v) is 29.6. The highest BCUT2D eigenvalue weighted by Crippen LogP contribution is 2.44. The lowest BCUT2D eigenvalue weighted by Gasteiger charge is -2.53. The van der Waals surface area contributed by atoms with E-state index >= 15 is 0 Å². The number of ether oxygens (including phenoxy) is 6. The molecule has 0 bridgehead atoms. The molecule has 7 rings (SSSR count). The molecule has 2 aliphatic heterocycles. The van der Waals surface area contributed by atoms with Crippen LogP contribution in [0.25, 0.3) is 0 Å². The highest BCUT2D eigenvalue weighted by Gasteiger charge is 2.55. The Bertz CT molecular complexity index is 2140. The number of hydrogen-bond donors (Lipinski definition) is 0. The molecule has 0 aliphatic carbocycles. The van der Waals surface area contributed by atoms with E-state index in [9.17, 15) is 0 Å². The topological polar surface area (TPSA) is 73.8 Å². The van der Waals surface area contributed by atoms with Gasteiger partial charge in [-0.1, -0.05) is 175 Å². The average Bonchev–Trinajstić information content (AvgIpc) is 3.31. The highest BCUT2D eigenvalue weighted by atomic mass is 28.4. The van der Waals surface area contributed by atoms with E-state index in [2.05, 4.69) is 152 Å². The molecule has 354 valence electrons. The molecule has 0 saturated carbocycles. The Hall–Kier alpha value is -3.95. The van der Waals surface area contributed by atoms with Gasteiger partial charge >= 0.3 is 0 Å². The van der Waals surface area contributed by atoms with E-state index in [4.69, 9.17) is 37.3 Å². The first-order valence-electron chi connectivity index (χ1n) is 23.9. The van der Waals surface area contributed by atoms with Gasteiger partial charge in [0.25, 0.3) is 8.32 Å². The lowest BCUT2D eigenvalue weighted by atomic mass is 9.86. The molecule has 0 aromatic heterocycles. The summed E-state index contributed by atoms with van der Waals surface area (Å²) in [6, 6.07) is 50.4. The third kappa shape index (κ3) is 12.2. The zero-order valence-electron chi connectivity index (χ0n) is 40.8. The van der Waals surface area contributed by atoms with E-state index < -0.39 is 34.9 Å². The molecule has 2 aliphatic rings. The summed E-state index contributed by atoms with van der Waals surface area (Å²) in [6.45, 7) is 20.8. The molecule has 2 saturated heterocycles. The van der Waals surface area contributed by atoms with Crippen LogP contribution in [0.5, 0.6) is 5.75 Å². The molecule has 66 heavy (non-hydrogen) atoms. The summed E-state index contributed by atoms with van der Waals surface area (Å²) in [5.74, 6) is 0.823. The van der Waals surface area contributed by atoms with Gasteiger partial charge in [0, 0.05) is 19.6 Å². The molecule has 5 aromatic carbocycles. The summed E-state index contributed by atoms with van der Waals surface area (Å²) < 4.78 is 55.4. The fourth-order valence-corrected chi connectivity index (χ4v) is 15.2. The smallest absolute Gasteiger partial charge is 0.261 e. The third-order valence-corrected chi connectivity index (χ3v) is 23.4. The van der Waals surface area contributed by atoms with Gasteiger partial charge < -0.3 is 37.3 Å². The van der Waals surface area contributed by atoms with Crippen LogP contribution < -0.4 is 15.1 Å². The molecule has 0 amide bonds. The number of hydrogen-bond acceptors (Lipinski definition) is 8. The normalized spacial score (nSPS) is 22.7. The van der Waals surface area contributed by atoms with Crippen molar-refractivity contribution in [2.24, 2.45) is 0 Å². The van der Waals surface area contributed by atoms with Crippen molar-refractivity contribution in [2.45, 2.75) is 147 Å². The van der Waals surface area contributed by atoms with Gasteiger partial charge in [-0.15, -0.1) is 0 Å². The Labute approximate surface area is 397 Å². The van der Waals surface area contributed by atoms with E-state index in [1.54, 1.807) is 7.11 Å². The Kier molecular flexibility index (Phi) is 17.0. The lowest BCUT2D eigenvalue weighted by molar-refractivity contribution is -0.300. The van der Waals surface area contributed by atoms with E-state index in [1.807, 2.05) is 48.5 Å². The fourth-order valence-electron chi connectivity index (χ4n) is 9.31. The Morgan fingerprint density at radius 3 is 1.56 bits per heavy atom. The molecule has 0 N–H and O–H groups in total. The first-order valence-corrected chi connectivity index (χ1v) is 28.8. The largest absolute Gasteiger partial charge is 0.497 e. The van der Waals surface area contributed by atoms with Crippen LogP contribution >= 0.6 is 0 Å². The maximum absolute atomic E-state index is 7.51. The first kappa shape index (κ1) is 49.9. The summed E-state index contributed by atoms with van der Waals surface area (Å²) in [5, 5.41) is 2.36. The van der Waals surface area contributed by atoms with Gasteiger partial charge in [0.1, 0.15) is 24.1 Å². The Balaban J connectivity index is 1.20. The summed E-state index contributed by atoms with van der Waals surface area (Å²) in [4.78, 5) is 0. The fraction of sp³-hybridized carbons (Fsp3) is 0.464. The van der Waals surface area contributed by atoms with Gasteiger partial charge in [0.05, 0.1) is 51.3 Å². The Morgan fingerprint density at radius 2 is 1.05 bits per heavy atom. The Morgan fingerprint density at radius 1 is 0.545 bits per heavy atom. The maximum Gasteiger partial charge on any atom is 0.261 e. The molecular weight excluding hydrogens is 857 g/mol. The van der Waals surface area contributed by atoms with E-state index in [1.165, 1.54) is 10.4 Å². The molecule has 0 radical (unpaired) electrons. The lowest BCUT2D eigenvalue weighted by Crippen LogP contribution is -2.67. The van der Waals surface area contributed by atoms with Gasteiger partial charge in [-0.05, 0) is 75.2 Å². The van der Waals surface area contributed by atoms with Crippen LogP contribution in [-0.4, -0.2) is 79.7 Å². The zero-order valence-corrected chi connectivity index (χ0v) is 42.8. The molecule has 0 spiro atoms. The zero-order chi connectivity index (χ0) is 46.8. The van der Waals surface area contributed by atoms with Crippen molar-refractivity contribution in [3.63, 3.8) is 0 Å². The van der Waals surface area contributed by atoms with E-state index in [0.717, 1.165) is 22.4 Å². The van der Waals surface area contributed by atoms with E-state index in [0.29, 0.717) is 52.3 Å². The maximum atomic E-state index is 7.51. The molecule has 0 unspecified atom stereocenters. The molecule has 5 aromatic rings. The molecule has 8 nitrogen and oxygen atoms in total. The van der Waals surface area contributed by atoms with Crippen molar-refractivity contribution >= 4 is 27.0 Å². The number of benzene rings is 5. The van der Waals surface area contributed by atoms with Crippen molar-refractivity contribution in [3.05, 3.63) is 162 Å². The van der Waals surface area contributed by atoms with Crippen LogP contribution in [-0.2, 0) is 52.4 Å². The predicted molar refractivity (Wildman–Crippen MR) is 270 cm³/mol. The summed E-state index contributed by atoms with van der Waals surface area (Å²) >= 11 is 0. The van der Waals surface area contributed by atoms with Crippen molar-refractivity contribution in [1.82, 2.24) is 0 Å². The van der Waals surface area contributed by atoms with Crippen LogP contribution in [0.2, 0.25) is 23.2 Å². The van der Waals surface area contributed by atoms with Crippen LogP contribution in [0, 0.1) is 0 Å². The average molecular weight is 931 g/mol. The van der Waals surface area contributed by atoms with Crippen molar-refractivity contribution in [1.29, 1.82) is 0 Å². The molecule has 7 atom stereocenters. The minimum absolute atomic E-state index is 0.00525. The van der Waals surface area contributed by atoms with Crippen LogP contribution in [0.15, 0.2) is 146 Å². The van der Waals surface area contributed by atoms with Gasteiger partial charge in [-0.2, -0.15) is 0 Å². The molecule has 2 fully saturated rings. The van der Waals surface area contributed by atoms with Crippen molar-refractivity contribution in [3.8, 4) is 5.75 Å². The van der Waals surface area contributed by atoms with Crippen LogP contribution in [0.1, 0.15) is 77.5 Å². The van der Waals surface area contributed by atoms with Crippen molar-refractivity contribution in [2.75, 3.05) is 20.3 Å². The second-order valence-electron chi connectivity index (χ2n) is 20.5. The second kappa shape index (κ2) is 22.4. The monoisotopic (exact) mass is 930 g/mol. The van der Waals surface area contributed by atoms with Gasteiger partial charge in [0.2, 0.25) is 0 Å². The standard InChI is InChI=1S/C56H74O8Si2/c1-55(2,3)65(8,9)64-50-38-51-53(63-48(50)35-37-61-66(56(4,5)6,46-26-18-12-19-27-46)47-28-20-13-21-29-47)54(60-41-43-24-16-11-17-25-43)52(59-40-42-22-14-10-15-23-42)49(62-51)34-36-58-39-44-30-32-45(57-7)33-31-44/h10-33,48-54H,34-41H2,1-9H3/t48-,49+,50+,51-,52+,53-,54-/m1/s1. The highest BCUT2D eigenvalue weighted by molar-refractivity contribution is 6.99. The molecule has 2 heterocycles. The van der Waals surface area contributed by atoms with Gasteiger partial charge in [0.15, 0.2) is 8.32 Å². The summed E-state index contributed by atoms with van der Waals surface area (Å²) in [5.41, 5.74) is 3.26. The molecular formula is C56H74O8Si2. The van der Waals surface area contributed by atoms with Gasteiger partial charge in [-0.3, -0.25) is 0 Å². The predicted octanol–water partition coefficient (Wildman–Crippen LogP) is 11.1.